The van der Waals surface area contributed by atoms with Crippen molar-refractivity contribution in [2.45, 2.75) is 77.0 Å². The van der Waals surface area contributed by atoms with E-state index in [2.05, 4.69) is 25.1 Å². The Morgan fingerprint density at radius 1 is 0.867 bits per heavy atom. The fourth-order valence-corrected chi connectivity index (χ4v) is 6.10. The second-order valence-corrected chi connectivity index (χ2v) is 11.5. The van der Waals surface area contributed by atoms with Crippen molar-refractivity contribution in [1.82, 2.24) is 0 Å². The summed E-state index contributed by atoms with van der Waals surface area (Å²) in [6.45, 7) is 6.75. The molecule has 0 aromatic heterocycles. The van der Waals surface area contributed by atoms with Gasteiger partial charge >= 0.3 is 11.9 Å². The van der Waals surface area contributed by atoms with Crippen molar-refractivity contribution in [3.8, 4) is 17.2 Å². The highest BCUT2D eigenvalue weighted by Crippen LogP contribution is 2.50. The van der Waals surface area contributed by atoms with Crippen molar-refractivity contribution in [2.24, 2.45) is 5.41 Å². The van der Waals surface area contributed by atoms with E-state index in [1.807, 2.05) is 24.3 Å². The van der Waals surface area contributed by atoms with Gasteiger partial charge in [0.15, 0.2) is 19.0 Å². The fraction of sp³-hybridized carbons (Fsp3) is 0.600. The van der Waals surface area contributed by atoms with Crippen LogP contribution >= 0.6 is 0 Å². The predicted octanol–water partition coefficient (Wildman–Crippen LogP) is 5.92. The number of esters is 2. The zero-order valence-electron chi connectivity index (χ0n) is 27.4. The number of hydrogen-bond acceptors (Lipinski definition) is 10. The lowest BCUT2D eigenvalue weighted by atomic mass is 9.66. The maximum Gasteiger partial charge on any atom is 0.323 e. The monoisotopic (exact) mass is 630 g/mol. The summed E-state index contributed by atoms with van der Waals surface area (Å²) in [5.41, 5.74) is 0.406. The van der Waals surface area contributed by atoms with Crippen LogP contribution in [0.3, 0.4) is 0 Å². The minimum Gasteiger partial charge on any atom is -0.492 e. The lowest BCUT2D eigenvalue weighted by Gasteiger charge is -2.43. The highest BCUT2D eigenvalue weighted by atomic mass is 16.7. The predicted molar refractivity (Wildman–Crippen MR) is 169 cm³/mol. The third kappa shape index (κ3) is 9.11. The summed E-state index contributed by atoms with van der Waals surface area (Å²) in [4.78, 5) is 26.6. The van der Waals surface area contributed by atoms with Crippen molar-refractivity contribution < 1.29 is 47.9 Å². The molecule has 0 saturated heterocycles. The van der Waals surface area contributed by atoms with Crippen LogP contribution in [0.5, 0.6) is 17.2 Å². The average molecular weight is 631 g/mol. The molecule has 45 heavy (non-hydrogen) atoms. The molecule has 1 aliphatic rings. The average Bonchev–Trinajstić information content (AvgIpc) is 3.05. The molecule has 0 aliphatic carbocycles. The molecule has 0 spiro atoms. The summed E-state index contributed by atoms with van der Waals surface area (Å²) in [5, 5.41) is 9.37. The molecule has 10 nitrogen and oxygen atoms in total. The van der Waals surface area contributed by atoms with Gasteiger partial charge in [-0.05, 0) is 75.3 Å². The molecule has 0 radical (unpaired) electrons. The van der Waals surface area contributed by atoms with Crippen molar-refractivity contribution >= 4 is 11.9 Å². The van der Waals surface area contributed by atoms with E-state index in [-0.39, 0.29) is 51.2 Å². The molecule has 2 atom stereocenters. The van der Waals surface area contributed by atoms with Gasteiger partial charge in [0.2, 0.25) is 0 Å². The zero-order valence-corrected chi connectivity index (χ0v) is 27.4. The first kappa shape index (κ1) is 36.1. The molecule has 0 amide bonds. The van der Waals surface area contributed by atoms with Crippen LogP contribution in [-0.4, -0.2) is 71.3 Å². The van der Waals surface area contributed by atoms with Gasteiger partial charge in [0.1, 0.15) is 17.2 Å². The molecule has 1 N–H and O–H groups in total. The first-order valence-corrected chi connectivity index (χ1v) is 15.9. The molecule has 250 valence electrons. The van der Waals surface area contributed by atoms with Crippen LogP contribution in [-0.2, 0) is 34.0 Å². The molecule has 1 aliphatic heterocycles. The van der Waals surface area contributed by atoms with Crippen LogP contribution in [0.2, 0.25) is 0 Å². The maximum absolute atomic E-state index is 13.3. The Bertz CT molecular complexity index is 1180. The summed E-state index contributed by atoms with van der Waals surface area (Å²) in [7, 11) is 3.16. The van der Waals surface area contributed by atoms with Crippen LogP contribution in [0.4, 0.5) is 0 Å². The normalized spacial score (nSPS) is 17.6. The van der Waals surface area contributed by atoms with E-state index in [1.165, 1.54) is 0 Å². The van der Waals surface area contributed by atoms with Crippen LogP contribution in [0.15, 0.2) is 42.5 Å². The standard InChI is InChI=1S/C35H50O10/c1-6-41-32(37)35(20-10-11-21-36,33(38)42-7-2)19-9-8-12-30-29-18-17-28(45-25-40-5)22-31(29)43-23-34(30,3)26-13-15-27(16-14-26)44-24-39-4/h13-18,22,30,36H,6-12,19-21,23-25H2,1-5H3. The van der Waals surface area contributed by atoms with Crippen molar-refractivity contribution in [1.29, 1.82) is 0 Å². The van der Waals surface area contributed by atoms with E-state index in [9.17, 15) is 14.7 Å². The number of unbranched alkanes of at least 4 members (excludes halogenated alkanes) is 2. The van der Waals surface area contributed by atoms with Crippen LogP contribution in [0.25, 0.3) is 0 Å². The minimum absolute atomic E-state index is 0.0127. The van der Waals surface area contributed by atoms with Crippen molar-refractivity contribution in [3.63, 3.8) is 0 Å². The molecule has 3 rings (SSSR count). The lowest BCUT2D eigenvalue weighted by Crippen LogP contribution is -2.42. The van der Waals surface area contributed by atoms with Crippen LogP contribution in [0.1, 0.15) is 82.8 Å². The highest BCUT2D eigenvalue weighted by Gasteiger charge is 2.48. The van der Waals surface area contributed by atoms with Gasteiger partial charge in [0.05, 0.1) is 19.8 Å². The third-order valence-corrected chi connectivity index (χ3v) is 8.55. The molecule has 0 fully saturated rings. The van der Waals surface area contributed by atoms with E-state index >= 15 is 0 Å². The number of ether oxygens (including phenoxy) is 7. The van der Waals surface area contributed by atoms with Gasteiger partial charge in [-0.15, -0.1) is 0 Å². The SMILES string of the molecule is CCOC(=O)C(CCCCO)(CCCCC1c2ccc(OCOC)cc2OCC1(C)c1ccc(OCOC)cc1)C(=O)OCC. The Balaban J connectivity index is 1.89. The smallest absolute Gasteiger partial charge is 0.323 e. The van der Waals surface area contributed by atoms with E-state index < -0.39 is 17.4 Å². The number of methoxy groups -OCH3 is 2. The number of aliphatic hydroxyl groups excluding tert-OH is 1. The fourth-order valence-electron chi connectivity index (χ4n) is 6.10. The Kier molecular flexibility index (Phi) is 14.4. The first-order chi connectivity index (χ1) is 21.8. The second kappa shape index (κ2) is 18.0. The number of benzene rings is 2. The number of aliphatic hydroxyl groups is 1. The van der Waals surface area contributed by atoms with E-state index in [1.54, 1.807) is 28.1 Å². The minimum atomic E-state index is -1.40. The summed E-state index contributed by atoms with van der Waals surface area (Å²) in [6.07, 6.45) is 3.71. The molecule has 2 unspecified atom stereocenters. The molecule has 0 bridgehead atoms. The Morgan fingerprint density at radius 2 is 1.44 bits per heavy atom. The van der Waals surface area contributed by atoms with E-state index in [0.717, 1.165) is 29.7 Å². The second-order valence-electron chi connectivity index (χ2n) is 11.5. The van der Waals surface area contributed by atoms with Gasteiger partial charge in [-0.1, -0.05) is 38.0 Å². The van der Waals surface area contributed by atoms with Gasteiger partial charge in [0.25, 0.3) is 0 Å². The molecule has 0 saturated carbocycles. The highest BCUT2D eigenvalue weighted by molar-refractivity contribution is 6.00. The van der Waals surface area contributed by atoms with Gasteiger partial charge in [0, 0.05) is 38.2 Å². The van der Waals surface area contributed by atoms with Crippen LogP contribution in [0, 0.1) is 5.41 Å². The summed E-state index contributed by atoms with van der Waals surface area (Å²) < 4.78 is 38.5. The zero-order chi connectivity index (χ0) is 32.7. The molecular weight excluding hydrogens is 580 g/mol. The third-order valence-electron chi connectivity index (χ3n) is 8.55. The van der Waals surface area contributed by atoms with Gasteiger partial charge in [-0.25, -0.2) is 0 Å². The Labute approximate surface area is 267 Å². The molecule has 2 aromatic rings. The summed E-state index contributed by atoms with van der Waals surface area (Å²) in [5.74, 6) is 1.10. The topological polar surface area (TPSA) is 119 Å². The lowest BCUT2D eigenvalue weighted by molar-refractivity contribution is -0.173. The van der Waals surface area contributed by atoms with Gasteiger partial charge < -0.3 is 38.3 Å². The van der Waals surface area contributed by atoms with Gasteiger partial charge in [-0.3, -0.25) is 9.59 Å². The first-order valence-electron chi connectivity index (χ1n) is 15.9. The Hall–Kier alpha value is -3.34. The quantitative estimate of drug-likeness (QED) is 0.0817. The van der Waals surface area contributed by atoms with Gasteiger partial charge in [-0.2, -0.15) is 0 Å². The maximum atomic E-state index is 13.3. The number of rotatable bonds is 20. The largest absolute Gasteiger partial charge is 0.492 e. The summed E-state index contributed by atoms with van der Waals surface area (Å²) in [6, 6.07) is 13.9. The van der Waals surface area contributed by atoms with Crippen molar-refractivity contribution in [2.75, 3.05) is 54.2 Å². The number of carbonyl (C=O) groups excluding carboxylic acids is 2. The molecule has 1 heterocycles. The number of fused-ring (bicyclic) bond motifs is 1. The summed E-state index contributed by atoms with van der Waals surface area (Å²) >= 11 is 0. The van der Waals surface area contributed by atoms with Crippen molar-refractivity contribution in [3.05, 3.63) is 53.6 Å². The molecule has 10 heteroatoms. The number of carbonyl (C=O) groups is 2. The molecular formula is C35H50O10. The van der Waals surface area contributed by atoms with E-state index in [0.29, 0.717) is 43.8 Å². The Morgan fingerprint density at radius 3 is 2.02 bits per heavy atom. The number of hydrogen-bond donors (Lipinski definition) is 1. The molecule has 2 aromatic carbocycles. The van der Waals surface area contributed by atoms with Crippen LogP contribution < -0.4 is 14.2 Å². The van der Waals surface area contributed by atoms with E-state index in [4.69, 9.17) is 33.2 Å².